The first kappa shape index (κ1) is 23.3. The van der Waals surface area contributed by atoms with Crippen LogP contribution < -0.4 is 15.6 Å². The topological polar surface area (TPSA) is 73.2 Å². The summed E-state index contributed by atoms with van der Waals surface area (Å²) in [4.78, 5) is 30.2. The van der Waals surface area contributed by atoms with Gasteiger partial charge in [0.05, 0.1) is 34.3 Å². The highest BCUT2D eigenvalue weighted by atomic mass is 35.5. The van der Waals surface area contributed by atoms with Crippen molar-refractivity contribution in [3.63, 3.8) is 0 Å². The maximum absolute atomic E-state index is 13.1. The number of aryl methyl sites for hydroxylation is 1. The monoisotopic (exact) mass is 487 g/mol. The molecule has 1 amide bonds. The summed E-state index contributed by atoms with van der Waals surface area (Å²) < 4.78 is 45.7. The number of halogens is 4. The van der Waals surface area contributed by atoms with Gasteiger partial charge in [-0.05, 0) is 55.0 Å². The summed E-state index contributed by atoms with van der Waals surface area (Å²) in [5.41, 5.74) is 0.156. The van der Waals surface area contributed by atoms with E-state index in [-0.39, 0.29) is 21.8 Å². The number of hydrogen-bond acceptors (Lipinski definition) is 4. The number of carbonyl (C=O) groups is 1. The van der Waals surface area contributed by atoms with Crippen molar-refractivity contribution in [1.29, 1.82) is 0 Å². The predicted octanol–water partition coefficient (Wildman–Crippen LogP) is 5.63. The van der Waals surface area contributed by atoms with Crippen LogP contribution in [0.15, 0.2) is 65.7 Å². The van der Waals surface area contributed by atoms with Crippen LogP contribution in [0, 0.1) is 6.92 Å². The van der Waals surface area contributed by atoms with E-state index in [2.05, 4.69) is 10.3 Å². The Morgan fingerprint density at radius 3 is 2.59 bits per heavy atom. The molecule has 0 bridgehead atoms. The Balaban J connectivity index is 1.73. The van der Waals surface area contributed by atoms with E-state index in [1.165, 1.54) is 24.1 Å². The highest BCUT2D eigenvalue weighted by Gasteiger charge is 2.31. The molecule has 0 spiro atoms. The van der Waals surface area contributed by atoms with Gasteiger partial charge in [-0.25, -0.2) is 4.98 Å². The Kier molecular flexibility index (Phi) is 6.05. The molecule has 1 heterocycles. The Morgan fingerprint density at radius 2 is 1.88 bits per heavy atom. The lowest BCUT2D eigenvalue weighted by atomic mass is 10.1. The largest absolute Gasteiger partial charge is 0.494 e. The Bertz CT molecular complexity index is 1480. The number of fused-ring (bicyclic) bond motifs is 1. The number of aromatic nitrogens is 2. The van der Waals surface area contributed by atoms with Crippen LogP contribution in [0.3, 0.4) is 0 Å². The maximum Gasteiger partial charge on any atom is 0.416 e. The van der Waals surface area contributed by atoms with Crippen molar-refractivity contribution >= 4 is 34.1 Å². The smallest absolute Gasteiger partial charge is 0.416 e. The molecule has 0 saturated heterocycles. The molecule has 0 aliphatic rings. The molecular weight excluding hydrogens is 471 g/mol. The van der Waals surface area contributed by atoms with Gasteiger partial charge in [0.2, 0.25) is 0 Å². The number of amides is 1. The summed E-state index contributed by atoms with van der Waals surface area (Å²) in [6.07, 6.45) is -3.27. The number of nitrogens with zero attached hydrogens (tertiary/aromatic N) is 2. The molecule has 6 nitrogen and oxygen atoms in total. The highest BCUT2D eigenvalue weighted by Crippen LogP contribution is 2.32. The van der Waals surface area contributed by atoms with Crippen molar-refractivity contribution in [2.24, 2.45) is 0 Å². The van der Waals surface area contributed by atoms with Crippen LogP contribution >= 0.6 is 11.6 Å². The SMILES string of the molecule is COc1cccc2c(=O)n(-c3cc(NC(=O)c4cc(C(F)(F)F)ccc4Cl)ccc3C)cnc12. The van der Waals surface area contributed by atoms with Gasteiger partial charge in [-0.3, -0.25) is 14.2 Å². The number of carbonyl (C=O) groups excluding carboxylic acids is 1. The summed E-state index contributed by atoms with van der Waals surface area (Å²) in [5.74, 6) is -0.364. The van der Waals surface area contributed by atoms with E-state index < -0.39 is 17.6 Å². The molecule has 0 aliphatic carbocycles. The lowest BCUT2D eigenvalue weighted by molar-refractivity contribution is -0.137. The summed E-state index contributed by atoms with van der Waals surface area (Å²) in [5, 5.41) is 2.76. The number of hydrogen-bond donors (Lipinski definition) is 1. The van der Waals surface area contributed by atoms with Crippen LogP contribution in [0.1, 0.15) is 21.5 Å². The molecule has 3 aromatic carbocycles. The van der Waals surface area contributed by atoms with Crippen LogP contribution in [0.5, 0.6) is 5.75 Å². The van der Waals surface area contributed by atoms with Crippen molar-refractivity contribution < 1.29 is 22.7 Å². The fourth-order valence-electron chi connectivity index (χ4n) is 3.48. The molecule has 34 heavy (non-hydrogen) atoms. The number of para-hydroxylation sites is 1. The van der Waals surface area contributed by atoms with Crippen LogP contribution in [0.2, 0.25) is 5.02 Å². The number of benzene rings is 3. The van der Waals surface area contributed by atoms with E-state index in [9.17, 15) is 22.8 Å². The zero-order chi connectivity index (χ0) is 24.6. The first-order chi connectivity index (χ1) is 16.1. The summed E-state index contributed by atoms with van der Waals surface area (Å²) >= 11 is 5.97. The third-order valence-corrected chi connectivity index (χ3v) is 5.56. The Morgan fingerprint density at radius 1 is 1.12 bits per heavy atom. The van der Waals surface area contributed by atoms with Gasteiger partial charge in [-0.15, -0.1) is 0 Å². The van der Waals surface area contributed by atoms with Gasteiger partial charge in [-0.2, -0.15) is 13.2 Å². The van der Waals surface area contributed by atoms with Gasteiger partial charge in [0, 0.05) is 5.69 Å². The molecule has 0 aliphatic heterocycles. The van der Waals surface area contributed by atoms with Crippen LogP contribution in [0.25, 0.3) is 16.6 Å². The number of methoxy groups -OCH3 is 1. The van der Waals surface area contributed by atoms with Gasteiger partial charge >= 0.3 is 6.18 Å². The van der Waals surface area contributed by atoms with Gasteiger partial charge in [0.1, 0.15) is 17.6 Å². The summed E-state index contributed by atoms with van der Waals surface area (Å²) in [6.45, 7) is 1.77. The van der Waals surface area contributed by atoms with E-state index in [0.29, 0.717) is 34.0 Å². The highest BCUT2D eigenvalue weighted by molar-refractivity contribution is 6.34. The molecule has 1 N–H and O–H groups in total. The minimum absolute atomic E-state index is 0.123. The molecule has 0 atom stereocenters. The fraction of sp³-hybridized carbons (Fsp3) is 0.125. The van der Waals surface area contributed by atoms with Crippen molar-refractivity contribution in [1.82, 2.24) is 9.55 Å². The average molecular weight is 488 g/mol. The third-order valence-electron chi connectivity index (χ3n) is 5.24. The second-order valence-corrected chi connectivity index (χ2v) is 7.83. The quantitative estimate of drug-likeness (QED) is 0.405. The Labute approximate surface area is 196 Å². The minimum Gasteiger partial charge on any atom is -0.494 e. The number of ether oxygens (including phenoxy) is 1. The Hall–Kier alpha value is -3.85. The van der Waals surface area contributed by atoms with Gasteiger partial charge in [0.15, 0.2) is 0 Å². The van der Waals surface area contributed by atoms with E-state index >= 15 is 0 Å². The molecule has 174 valence electrons. The first-order valence-electron chi connectivity index (χ1n) is 9.93. The third kappa shape index (κ3) is 4.34. The molecule has 10 heteroatoms. The molecule has 0 fully saturated rings. The number of alkyl halides is 3. The van der Waals surface area contributed by atoms with E-state index in [0.717, 1.165) is 12.1 Å². The van der Waals surface area contributed by atoms with Crippen LogP contribution in [0.4, 0.5) is 18.9 Å². The summed E-state index contributed by atoms with van der Waals surface area (Å²) in [6, 6.07) is 12.3. The van der Waals surface area contributed by atoms with Gasteiger partial charge in [0.25, 0.3) is 11.5 Å². The molecule has 4 aromatic rings. The van der Waals surface area contributed by atoms with Crippen LogP contribution in [-0.4, -0.2) is 22.6 Å². The second-order valence-electron chi connectivity index (χ2n) is 7.42. The maximum atomic E-state index is 13.1. The van der Waals surface area contributed by atoms with E-state index in [1.54, 1.807) is 37.3 Å². The molecule has 0 radical (unpaired) electrons. The van der Waals surface area contributed by atoms with Crippen LogP contribution in [-0.2, 0) is 6.18 Å². The van der Waals surface area contributed by atoms with Crippen molar-refractivity contribution in [2.45, 2.75) is 13.1 Å². The van der Waals surface area contributed by atoms with Crippen molar-refractivity contribution in [3.8, 4) is 11.4 Å². The predicted molar refractivity (Wildman–Crippen MR) is 123 cm³/mol. The van der Waals surface area contributed by atoms with E-state index in [4.69, 9.17) is 16.3 Å². The number of nitrogens with one attached hydrogen (secondary N) is 1. The molecule has 0 unspecified atom stereocenters. The molecular formula is C24H17ClF3N3O3. The lowest BCUT2D eigenvalue weighted by Crippen LogP contribution is -2.20. The normalized spacial score (nSPS) is 11.5. The molecule has 1 aromatic heterocycles. The zero-order valence-electron chi connectivity index (χ0n) is 17.9. The van der Waals surface area contributed by atoms with E-state index in [1.807, 2.05) is 0 Å². The first-order valence-corrected chi connectivity index (χ1v) is 10.3. The number of rotatable bonds is 4. The van der Waals surface area contributed by atoms with Gasteiger partial charge < -0.3 is 10.1 Å². The zero-order valence-corrected chi connectivity index (χ0v) is 18.7. The standard InChI is InChI=1S/C24H17ClF3N3O3/c1-13-6-8-15(30-22(32)17-10-14(24(26,27)28)7-9-18(17)25)11-19(13)31-12-29-21-16(23(31)33)4-3-5-20(21)34-2/h3-12H,1-2H3,(H,30,32). The van der Waals surface area contributed by atoms with Crippen molar-refractivity contribution in [3.05, 3.63) is 93.0 Å². The fourth-order valence-corrected chi connectivity index (χ4v) is 3.69. The molecule has 0 saturated carbocycles. The van der Waals surface area contributed by atoms with Gasteiger partial charge in [-0.1, -0.05) is 23.7 Å². The second kappa shape index (κ2) is 8.83. The van der Waals surface area contributed by atoms with Crippen molar-refractivity contribution in [2.75, 3.05) is 12.4 Å². The average Bonchev–Trinajstić information content (AvgIpc) is 2.80. The summed E-state index contributed by atoms with van der Waals surface area (Å²) in [7, 11) is 1.48. The number of anilines is 1. The molecule has 4 rings (SSSR count). The lowest BCUT2D eigenvalue weighted by Gasteiger charge is -2.14. The minimum atomic E-state index is -4.62.